The fraction of sp³-hybridized carbons (Fsp3) is 0.421. The molecule has 2 N–H and O–H groups in total. The average Bonchev–Trinajstić information content (AvgIpc) is 3.14. The number of hydrogen-bond donors (Lipinski definition) is 2. The minimum Gasteiger partial charge on any atom is -0.464 e. The van der Waals surface area contributed by atoms with Gasteiger partial charge in [-0.25, -0.2) is 8.78 Å². The van der Waals surface area contributed by atoms with Crippen LogP contribution >= 0.6 is 0 Å². The van der Waals surface area contributed by atoms with Gasteiger partial charge in [-0.2, -0.15) is 0 Å². The van der Waals surface area contributed by atoms with Gasteiger partial charge in [-0.05, 0) is 51.5 Å². The van der Waals surface area contributed by atoms with Gasteiger partial charge in [0.2, 0.25) is 0 Å². The minimum absolute atomic E-state index is 0.0327. The van der Waals surface area contributed by atoms with Crippen molar-refractivity contribution in [2.24, 2.45) is 4.99 Å². The first-order chi connectivity index (χ1) is 12.0. The molecule has 1 heterocycles. The Bertz CT molecular complexity index is 752. The van der Waals surface area contributed by atoms with E-state index in [2.05, 4.69) is 15.6 Å². The van der Waals surface area contributed by atoms with Crippen LogP contribution in [-0.2, 0) is 0 Å². The topological polar surface area (TPSA) is 49.6 Å². The van der Waals surface area contributed by atoms with E-state index in [9.17, 15) is 8.78 Å². The largest absolute Gasteiger partial charge is 0.464 e. The van der Waals surface area contributed by atoms with E-state index in [1.165, 1.54) is 18.2 Å². The standard InChI is InChI=1S/C19H23F2N3O/c1-4-22-19(23-12(3)17-9-8-11(2)25-17)24-16-10-13(16)18-14(20)6-5-7-15(18)21/h5-9,12-13,16H,4,10H2,1-3H3,(H2,22,23,24). The maximum Gasteiger partial charge on any atom is 0.192 e. The first-order valence-corrected chi connectivity index (χ1v) is 8.57. The third-order valence-electron chi connectivity index (χ3n) is 4.34. The van der Waals surface area contributed by atoms with Gasteiger partial charge in [0.25, 0.3) is 0 Å². The lowest BCUT2D eigenvalue weighted by atomic mass is 10.1. The summed E-state index contributed by atoms with van der Waals surface area (Å²) in [6.07, 6.45) is 0.677. The highest BCUT2D eigenvalue weighted by Gasteiger charge is 2.42. The SMILES string of the molecule is CCN=C(NC(C)c1ccc(C)o1)NC1CC1c1c(F)cccc1F. The molecule has 1 aromatic carbocycles. The summed E-state index contributed by atoms with van der Waals surface area (Å²) in [5.41, 5.74) is 0.158. The minimum atomic E-state index is -0.490. The van der Waals surface area contributed by atoms with Crippen molar-refractivity contribution in [1.82, 2.24) is 10.6 Å². The Morgan fingerprint density at radius 1 is 1.28 bits per heavy atom. The molecule has 1 aliphatic rings. The van der Waals surface area contributed by atoms with E-state index in [4.69, 9.17) is 4.42 Å². The predicted molar refractivity (Wildman–Crippen MR) is 93.6 cm³/mol. The highest BCUT2D eigenvalue weighted by molar-refractivity contribution is 5.81. The lowest BCUT2D eigenvalue weighted by Gasteiger charge is -2.17. The van der Waals surface area contributed by atoms with Crippen molar-refractivity contribution in [2.45, 2.75) is 45.2 Å². The van der Waals surface area contributed by atoms with Gasteiger partial charge in [0.1, 0.15) is 23.2 Å². The van der Waals surface area contributed by atoms with Crippen molar-refractivity contribution >= 4 is 5.96 Å². The van der Waals surface area contributed by atoms with Gasteiger partial charge in [-0.3, -0.25) is 4.99 Å². The van der Waals surface area contributed by atoms with E-state index in [1.807, 2.05) is 32.9 Å². The van der Waals surface area contributed by atoms with Crippen molar-refractivity contribution in [3.8, 4) is 0 Å². The average molecular weight is 347 g/mol. The Labute approximate surface area is 146 Å². The second-order valence-electron chi connectivity index (χ2n) is 6.37. The van der Waals surface area contributed by atoms with E-state index < -0.39 is 11.6 Å². The number of halogens is 2. The molecular weight excluding hydrogens is 324 g/mol. The number of furan rings is 1. The van der Waals surface area contributed by atoms with Gasteiger partial charge >= 0.3 is 0 Å². The molecule has 25 heavy (non-hydrogen) atoms. The quantitative estimate of drug-likeness (QED) is 0.634. The van der Waals surface area contributed by atoms with Gasteiger partial charge in [0.15, 0.2) is 5.96 Å². The zero-order valence-electron chi connectivity index (χ0n) is 14.6. The smallest absolute Gasteiger partial charge is 0.192 e. The highest BCUT2D eigenvalue weighted by Crippen LogP contribution is 2.43. The molecular formula is C19H23F2N3O. The van der Waals surface area contributed by atoms with E-state index in [1.54, 1.807) is 0 Å². The van der Waals surface area contributed by atoms with Crippen LogP contribution in [0, 0.1) is 18.6 Å². The van der Waals surface area contributed by atoms with E-state index >= 15 is 0 Å². The zero-order chi connectivity index (χ0) is 18.0. The fourth-order valence-corrected chi connectivity index (χ4v) is 2.97. The molecule has 134 valence electrons. The van der Waals surface area contributed by atoms with Crippen molar-refractivity contribution < 1.29 is 13.2 Å². The summed E-state index contributed by atoms with van der Waals surface area (Å²) in [6, 6.07) is 7.73. The number of aryl methyl sites for hydroxylation is 1. The first kappa shape index (κ1) is 17.5. The van der Waals surface area contributed by atoms with E-state index in [0.717, 1.165) is 11.5 Å². The Morgan fingerprint density at radius 2 is 2.00 bits per heavy atom. The molecule has 0 aliphatic heterocycles. The van der Waals surface area contributed by atoms with E-state index in [0.29, 0.717) is 18.9 Å². The molecule has 0 radical (unpaired) electrons. The number of aliphatic imine (C=N–C) groups is 1. The summed E-state index contributed by atoms with van der Waals surface area (Å²) < 4.78 is 33.4. The van der Waals surface area contributed by atoms with Crippen LogP contribution in [0.2, 0.25) is 0 Å². The fourth-order valence-electron chi connectivity index (χ4n) is 2.97. The molecule has 3 rings (SSSR count). The lowest BCUT2D eigenvalue weighted by molar-refractivity contribution is 0.441. The maximum atomic E-state index is 13.9. The van der Waals surface area contributed by atoms with Crippen molar-refractivity contribution in [3.05, 3.63) is 59.1 Å². The van der Waals surface area contributed by atoms with Crippen LogP contribution in [-0.4, -0.2) is 18.5 Å². The molecule has 1 fully saturated rings. The van der Waals surface area contributed by atoms with E-state index in [-0.39, 0.29) is 23.6 Å². The summed E-state index contributed by atoms with van der Waals surface area (Å²) in [5.74, 6) is 1.13. The van der Waals surface area contributed by atoms with Crippen molar-refractivity contribution in [3.63, 3.8) is 0 Å². The van der Waals surface area contributed by atoms with Gasteiger partial charge in [0.05, 0.1) is 6.04 Å². The van der Waals surface area contributed by atoms with Gasteiger partial charge in [-0.1, -0.05) is 6.07 Å². The zero-order valence-corrected chi connectivity index (χ0v) is 14.6. The van der Waals surface area contributed by atoms with Crippen LogP contribution in [0.4, 0.5) is 8.78 Å². The van der Waals surface area contributed by atoms with Gasteiger partial charge in [0, 0.05) is 24.1 Å². The second-order valence-corrected chi connectivity index (χ2v) is 6.37. The molecule has 0 saturated heterocycles. The van der Waals surface area contributed by atoms with Crippen LogP contribution in [0.5, 0.6) is 0 Å². The number of rotatable bonds is 5. The third-order valence-corrected chi connectivity index (χ3v) is 4.34. The van der Waals surface area contributed by atoms with Crippen LogP contribution in [0.1, 0.15) is 49.3 Å². The molecule has 4 nitrogen and oxygen atoms in total. The van der Waals surface area contributed by atoms with Crippen LogP contribution in [0.3, 0.4) is 0 Å². The van der Waals surface area contributed by atoms with Gasteiger partial charge in [-0.15, -0.1) is 0 Å². The summed E-state index contributed by atoms with van der Waals surface area (Å²) >= 11 is 0. The van der Waals surface area contributed by atoms with Crippen molar-refractivity contribution in [2.75, 3.05) is 6.54 Å². The van der Waals surface area contributed by atoms with Crippen LogP contribution < -0.4 is 10.6 Å². The first-order valence-electron chi connectivity index (χ1n) is 8.57. The molecule has 3 unspecified atom stereocenters. The lowest BCUT2D eigenvalue weighted by Crippen LogP contribution is -2.40. The summed E-state index contributed by atoms with van der Waals surface area (Å²) in [4.78, 5) is 4.41. The molecule has 2 aromatic rings. The highest BCUT2D eigenvalue weighted by atomic mass is 19.1. The normalized spacial score (nSPS) is 21.1. The molecule has 0 amide bonds. The molecule has 1 aromatic heterocycles. The molecule has 1 saturated carbocycles. The molecule has 0 spiro atoms. The monoisotopic (exact) mass is 347 g/mol. The molecule has 1 aliphatic carbocycles. The Morgan fingerprint density at radius 3 is 2.60 bits per heavy atom. The number of benzene rings is 1. The summed E-state index contributed by atoms with van der Waals surface area (Å²) in [5, 5.41) is 6.54. The third kappa shape index (κ3) is 4.00. The number of nitrogens with one attached hydrogen (secondary N) is 2. The Balaban J connectivity index is 1.65. The number of hydrogen-bond acceptors (Lipinski definition) is 2. The van der Waals surface area contributed by atoms with Crippen LogP contribution in [0.15, 0.2) is 39.7 Å². The molecule has 0 bridgehead atoms. The predicted octanol–water partition coefficient (Wildman–Crippen LogP) is 4.04. The van der Waals surface area contributed by atoms with Crippen molar-refractivity contribution in [1.29, 1.82) is 0 Å². The Kier molecular flexibility index (Phi) is 5.06. The summed E-state index contributed by atoms with van der Waals surface area (Å²) in [6.45, 7) is 6.41. The molecule has 3 atom stereocenters. The number of guanidine groups is 1. The molecule has 6 heteroatoms. The second kappa shape index (κ2) is 7.25. The number of nitrogens with zero attached hydrogens (tertiary/aromatic N) is 1. The Hall–Kier alpha value is -2.37. The van der Waals surface area contributed by atoms with Crippen LogP contribution in [0.25, 0.3) is 0 Å². The maximum absolute atomic E-state index is 13.9. The van der Waals surface area contributed by atoms with Gasteiger partial charge < -0.3 is 15.1 Å². The summed E-state index contributed by atoms with van der Waals surface area (Å²) in [7, 11) is 0.